The van der Waals surface area contributed by atoms with Crippen LogP contribution in [-0.4, -0.2) is 0 Å². The van der Waals surface area contributed by atoms with Gasteiger partial charge in [-0.1, -0.05) is 18.2 Å². The summed E-state index contributed by atoms with van der Waals surface area (Å²) in [6.07, 6.45) is 4.00. The smallest absolute Gasteiger partial charge is 0.316 e. The van der Waals surface area contributed by atoms with Crippen LogP contribution >= 0.6 is 0 Å². The van der Waals surface area contributed by atoms with Crippen molar-refractivity contribution in [2.45, 2.75) is 6.92 Å². The minimum Gasteiger partial charge on any atom is -0.444 e. The van der Waals surface area contributed by atoms with E-state index in [0.717, 1.165) is 17.1 Å². The number of allylic oxidation sites excluding steroid dienone is 1. The molecule has 61 valence electrons. The molecule has 2 rings (SSSR count). The molecule has 0 aromatic heterocycles. The Morgan fingerprint density at radius 3 is 2.83 bits per heavy atom. The number of fused-ring (bicyclic) bond motifs is 1. The Labute approximate surface area is 71.4 Å². The van der Waals surface area contributed by atoms with Crippen LogP contribution in [0.5, 0.6) is 11.5 Å². The normalized spacial score (nSPS) is 14.1. The summed E-state index contributed by atoms with van der Waals surface area (Å²) in [6.45, 7) is 3.32. The summed E-state index contributed by atoms with van der Waals surface area (Å²) in [5.41, 5.74) is 1.12. The molecule has 12 heavy (non-hydrogen) atoms. The fraction of sp³-hybridized carbons (Fsp3) is 0.100. The van der Waals surface area contributed by atoms with E-state index in [4.69, 9.17) is 9.47 Å². The van der Waals surface area contributed by atoms with Crippen LogP contribution in [0, 0.1) is 6.79 Å². The topological polar surface area (TPSA) is 18.5 Å². The lowest BCUT2D eigenvalue weighted by atomic mass is 10.2. The number of ether oxygens (including phenoxy) is 2. The van der Waals surface area contributed by atoms with E-state index < -0.39 is 0 Å². The fourth-order valence-corrected chi connectivity index (χ4v) is 1.14. The van der Waals surface area contributed by atoms with Crippen molar-refractivity contribution in [3.63, 3.8) is 0 Å². The monoisotopic (exact) mass is 161 g/mol. The second-order valence-corrected chi connectivity index (χ2v) is 2.54. The molecule has 0 fully saturated rings. The third kappa shape index (κ3) is 1.16. The van der Waals surface area contributed by atoms with E-state index in [1.165, 1.54) is 6.79 Å². The van der Waals surface area contributed by atoms with Crippen molar-refractivity contribution in [2.24, 2.45) is 0 Å². The van der Waals surface area contributed by atoms with E-state index >= 15 is 0 Å². The highest BCUT2D eigenvalue weighted by atomic mass is 16.7. The summed E-state index contributed by atoms with van der Waals surface area (Å²) in [4.78, 5) is 0. The number of rotatable bonds is 1. The molecule has 0 unspecified atom stereocenters. The predicted molar refractivity (Wildman–Crippen MR) is 46.7 cm³/mol. The lowest BCUT2D eigenvalue weighted by Gasteiger charge is -1.96. The van der Waals surface area contributed by atoms with Gasteiger partial charge in [0.15, 0.2) is 11.5 Å². The van der Waals surface area contributed by atoms with Gasteiger partial charge in [-0.3, -0.25) is 0 Å². The van der Waals surface area contributed by atoms with Crippen molar-refractivity contribution in [3.05, 3.63) is 36.6 Å². The first-order chi connectivity index (χ1) is 5.90. The molecule has 1 aliphatic heterocycles. The molecular weight excluding hydrogens is 152 g/mol. The molecule has 0 spiro atoms. The molecular formula is C10H9O2. The Hall–Kier alpha value is -1.44. The van der Waals surface area contributed by atoms with Gasteiger partial charge in [0, 0.05) is 0 Å². The van der Waals surface area contributed by atoms with Crippen LogP contribution in [-0.2, 0) is 0 Å². The van der Waals surface area contributed by atoms with Crippen LogP contribution in [0.3, 0.4) is 0 Å². The first-order valence-corrected chi connectivity index (χ1v) is 3.82. The van der Waals surface area contributed by atoms with Crippen molar-refractivity contribution >= 4 is 6.08 Å². The Morgan fingerprint density at radius 1 is 1.17 bits per heavy atom. The van der Waals surface area contributed by atoms with Crippen LogP contribution in [0.1, 0.15) is 12.5 Å². The molecule has 0 bridgehead atoms. The van der Waals surface area contributed by atoms with Gasteiger partial charge < -0.3 is 9.47 Å². The quantitative estimate of drug-likeness (QED) is 0.630. The average Bonchev–Trinajstić information content (AvgIpc) is 2.51. The third-order valence-electron chi connectivity index (χ3n) is 1.68. The third-order valence-corrected chi connectivity index (χ3v) is 1.68. The number of hydrogen-bond acceptors (Lipinski definition) is 2. The Kier molecular flexibility index (Phi) is 1.74. The summed E-state index contributed by atoms with van der Waals surface area (Å²) in [7, 11) is 0. The van der Waals surface area contributed by atoms with Gasteiger partial charge in [0.2, 0.25) is 0 Å². The van der Waals surface area contributed by atoms with Crippen molar-refractivity contribution in [1.29, 1.82) is 0 Å². The first kappa shape index (κ1) is 7.22. The highest BCUT2D eigenvalue weighted by Gasteiger charge is 2.12. The van der Waals surface area contributed by atoms with Gasteiger partial charge in [0.25, 0.3) is 0 Å². The van der Waals surface area contributed by atoms with Crippen LogP contribution in [0.25, 0.3) is 6.08 Å². The van der Waals surface area contributed by atoms with Gasteiger partial charge in [-0.15, -0.1) is 0 Å². The Morgan fingerprint density at radius 2 is 2.00 bits per heavy atom. The summed E-state index contributed by atoms with van der Waals surface area (Å²) in [5, 5.41) is 0. The molecule has 0 amide bonds. The summed E-state index contributed by atoms with van der Waals surface area (Å²) in [5.74, 6) is 1.56. The molecule has 1 heterocycles. The van der Waals surface area contributed by atoms with Crippen molar-refractivity contribution in [2.75, 3.05) is 0 Å². The van der Waals surface area contributed by atoms with Crippen molar-refractivity contribution < 1.29 is 9.47 Å². The van der Waals surface area contributed by atoms with Crippen molar-refractivity contribution in [1.82, 2.24) is 0 Å². The fourth-order valence-electron chi connectivity index (χ4n) is 1.14. The Balaban J connectivity index is 2.38. The van der Waals surface area contributed by atoms with Gasteiger partial charge in [0.1, 0.15) is 0 Å². The number of benzene rings is 1. The van der Waals surface area contributed by atoms with Gasteiger partial charge in [0.05, 0.1) is 0 Å². The molecule has 2 nitrogen and oxygen atoms in total. The highest BCUT2D eigenvalue weighted by molar-refractivity contribution is 5.56. The molecule has 0 N–H and O–H groups in total. The van der Waals surface area contributed by atoms with Gasteiger partial charge in [-0.2, -0.15) is 0 Å². The SMILES string of the molecule is C/C=C/c1ccc2c(c1)O[CH]O2. The van der Waals surface area contributed by atoms with Crippen LogP contribution < -0.4 is 9.47 Å². The number of hydrogen-bond donors (Lipinski definition) is 0. The zero-order chi connectivity index (χ0) is 8.39. The van der Waals surface area contributed by atoms with E-state index in [-0.39, 0.29) is 0 Å². The molecule has 1 aliphatic rings. The predicted octanol–water partition coefficient (Wildman–Crippen LogP) is 2.61. The average molecular weight is 161 g/mol. The molecule has 1 radical (unpaired) electrons. The first-order valence-electron chi connectivity index (χ1n) is 3.82. The zero-order valence-electron chi connectivity index (χ0n) is 6.78. The minimum absolute atomic E-state index is 0.781. The lowest BCUT2D eigenvalue weighted by Crippen LogP contribution is -1.83. The van der Waals surface area contributed by atoms with Gasteiger partial charge >= 0.3 is 6.79 Å². The largest absolute Gasteiger partial charge is 0.444 e. The van der Waals surface area contributed by atoms with Crippen LogP contribution in [0.15, 0.2) is 24.3 Å². The Bertz CT molecular complexity index is 316. The maximum absolute atomic E-state index is 5.10. The zero-order valence-corrected chi connectivity index (χ0v) is 6.78. The summed E-state index contributed by atoms with van der Waals surface area (Å²) >= 11 is 0. The van der Waals surface area contributed by atoms with E-state index in [0.29, 0.717) is 0 Å². The van der Waals surface area contributed by atoms with Crippen LogP contribution in [0.2, 0.25) is 0 Å². The maximum atomic E-state index is 5.10. The van der Waals surface area contributed by atoms with E-state index in [9.17, 15) is 0 Å². The molecule has 1 aromatic rings. The standard InChI is InChI=1S/C10H9O2/c1-2-3-8-4-5-9-10(6-8)12-7-11-9/h2-7H,1H3/b3-2+. The van der Waals surface area contributed by atoms with Gasteiger partial charge in [-0.25, -0.2) is 0 Å². The van der Waals surface area contributed by atoms with E-state index in [1.807, 2.05) is 37.3 Å². The van der Waals surface area contributed by atoms with Crippen LogP contribution in [0.4, 0.5) is 0 Å². The second kappa shape index (κ2) is 2.89. The molecule has 1 aromatic carbocycles. The maximum Gasteiger partial charge on any atom is 0.316 e. The van der Waals surface area contributed by atoms with E-state index in [1.54, 1.807) is 0 Å². The molecule has 0 saturated heterocycles. The second-order valence-electron chi connectivity index (χ2n) is 2.54. The molecule has 0 aliphatic carbocycles. The van der Waals surface area contributed by atoms with E-state index in [2.05, 4.69) is 0 Å². The molecule has 0 atom stereocenters. The van der Waals surface area contributed by atoms with Crippen molar-refractivity contribution in [3.8, 4) is 11.5 Å². The summed E-state index contributed by atoms with van der Waals surface area (Å²) < 4.78 is 10.2. The van der Waals surface area contributed by atoms with Gasteiger partial charge in [-0.05, 0) is 24.6 Å². The minimum atomic E-state index is 0.781. The highest BCUT2D eigenvalue weighted by Crippen LogP contribution is 2.34. The molecule has 0 saturated carbocycles. The summed E-state index contributed by atoms with van der Waals surface area (Å²) in [6, 6.07) is 5.83. The molecule has 2 heteroatoms. The lowest BCUT2D eigenvalue weighted by molar-refractivity contribution is 0.270.